The van der Waals surface area contributed by atoms with Gasteiger partial charge in [0.2, 0.25) is 0 Å². The molecule has 1 N–H and O–H groups in total. The van der Waals surface area contributed by atoms with Crippen molar-refractivity contribution in [1.82, 2.24) is 14.5 Å². The van der Waals surface area contributed by atoms with Crippen LogP contribution < -0.4 is 14.2 Å². The lowest BCUT2D eigenvalue weighted by Gasteiger charge is -2.39. The second-order valence-corrected chi connectivity index (χ2v) is 8.64. The van der Waals surface area contributed by atoms with Crippen LogP contribution in [0.25, 0.3) is 0 Å². The van der Waals surface area contributed by atoms with E-state index >= 15 is 0 Å². The summed E-state index contributed by atoms with van der Waals surface area (Å²) < 4.78 is 19.5. The highest BCUT2D eigenvalue weighted by Crippen LogP contribution is 2.30. The third kappa shape index (κ3) is 6.27. The highest BCUT2D eigenvalue weighted by Gasteiger charge is 2.34. The van der Waals surface area contributed by atoms with Gasteiger partial charge in [0.1, 0.15) is 30.4 Å². The first-order chi connectivity index (χ1) is 16.0. The molecule has 0 amide bonds. The summed E-state index contributed by atoms with van der Waals surface area (Å²) in [6.07, 6.45) is 5.41. The Kier molecular flexibility index (Phi) is 7.52. The van der Waals surface area contributed by atoms with Crippen molar-refractivity contribution in [3.05, 3.63) is 72.3 Å². The quantitative estimate of drug-likeness (QED) is 0.507. The topological polar surface area (TPSA) is 69.0 Å². The number of piperidine rings is 1. The van der Waals surface area contributed by atoms with E-state index in [1.165, 1.54) is 0 Å². The van der Waals surface area contributed by atoms with Crippen LogP contribution in [0.5, 0.6) is 17.2 Å². The zero-order valence-electron chi connectivity index (χ0n) is 19.4. The SMILES string of the molecule is COc1ccc(CN2CCCC(O)(COc3ccccc3)C2)cc1OCCn1ccnc1C. The highest BCUT2D eigenvalue weighted by molar-refractivity contribution is 5.43. The van der Waals surface area contributed by atoms with Crippen LogP contribution in [0.1, 0.15) is 24.2 Å². The van der Waals surface area contributed by atoms with Gasteiger partial charge in [0.15, 0.2) is 11.5 Å². The molecule has 176 valence electrons. The molecule has 1 aliphatic rings. The molecule has 4 rings (SSSR count). The number of para-hydroxylation sites is 1. The van der Waals surface area contributed by atoms with Crippen LogP contribution in [0, 0.1) is 6.92 Å². The molecule has 0 radical (unpaired) electrons. The van der Waals surface area contributed by atoms with Gasteiger partial charge >= 0.3 is 0 Å². The van der Waals surface area contributed by atoms with E-state index in [1.54, 1.807) is 13.3 Å². The second-order valence-electron chi connectivity index (χ2n) is 8.64. The average molecular weight is 452 g/mol. The fraction of sp³-hybridized carbons (Fsp3) is 0.423. The van der Waals surface area contributed by atoms with Gasteiger partial charge < -0.3 is 23.9 Å². The minimum atomic E-state index is -0.859. The number of hydrogen-bond donors (Lipinski definition) is 1. The van der Waals surface area contributed by atoms with E-state index in [4.69, 9.17) is 14.2 Å². The predicted octanol–water partition coefficient (Wildman–Crippen LogP) is 3.69. The van der Waals surface area contributed by atoms with E-state index in [2.05, 4.69) is 20.5 Å². The third-order valence-electron chi connectivity index (χ3n) is 6.03. The zero-order chi connectivity index (χ0) is 23.1. The summed E-state index contributed by atoms with van der Waals surface area (Å²) >= 11 is 0. The first-order valence-electron chi connectivity index (χ1n) is 11.4. The minimum Gasteiger partial charge on any atom is -0.493 e. The van der Waals surface area contributed by atoms with Gasteiger partial charge in [-0.25, -0.2) is 4.98 Å². The van der Waals surface area contributed by atoms with Crippen LogP contribution in [0.2, 0.25) is 0 Å². The molecule has 1 saturated heterocycles. The van der Waals surface area contributed by atoms with Gasteiger partial charge in [0.25, 0.3) is 0 Å². The van der Waals surface area contributed by atoms with E-state index in [0.29, 0.717) is 18.9 Å². The Bertz CT molecular complexity index is 1020. The molecule has 2 aromatic carbocycles. The van der Waals surface area contributed by atoms with Crippen molar-refractivity contribution in [2.45, 2.75) is 38.5 Å². The Hall–Kier alpha value is -3.03. The molecule has 1 aliphatic heterocycles. The number of aromatic nitrogens is 2. The maximum atomic E-state index is 11.1. The highest BCUT2D eigenvalue weighted by atomic mass is 16.5. The maximum absolute atomic E-state index is 11.1. The fourth-order valence-corrected chi connectivity index (χ4v) is 4.28. The number of rotatable bonds is 10. The van der Waals surface area contributed by atoms with Crippen LogP contribution >= 0.6 is 0 Å². The number of methoxy groups -OCH3 is 1. The lowest BCUT2D eigenvalue weighted by molar-refractivity contribution is -0.0621. The van der Waals surface area contributed by atoms with Crippen molar-refractivity contribution in [3.63, 3.8) is 0 Å². The second kappa shape index (κ2) is 10.7. The Balaban J connectivity index is 1.35. The third-order valence-corrected chi connectivity index (χ3v) is 6.03. The summed E-state index contributed by atoms with van der Waals surface area (Å²) in [6.45, 7) is 5.76. The van der Waals surface area contributed by atoms with Gasteiger partial charge in [0.05, 0.1) is 13.7 Å². The van der Waals surface area contributed by atoms with Crippen molar-refractivity contribution < 1.29 is 19.3 Å². The zero-order valence-corrected chi connectivity index (χ0v) is 19.4. The summed E-state index contributed by atoms with van der Waals surface area (Å²) in [5, 5.41) is 11.1. The number of nitrogens with zero attached hydrogens (tertiary/aromatic N) is 3. The normalized spacial score (nSPS) is 18.8. The molecular formula is C26H33N3O4. The Morgan fingerprint density at radius 3 is 2.70 bits per heavy atom. The maximum Gasteiger partial charge on any atom is 0.161 e. The number of likely N-dealkylation sites (tertiary alicyclic amines) is 1. The Morgan fingerprint density at radius 2 is 1.94 bits per heavy atom. The van der Waals surface area contributed by atoms with Gasteiger partial charge in [-0.2, -0.15) is 0 Å². The molecule has 2 heterocycles. The Labute approximate surface area is 195 Å². The first kappa shape index (κ1) is 23.1. The van der Waals surface area contributed by atoms with Crippen molar-refractivity contribution in [2.75, 3.05) is 33.4 Å². The van der Waals surface area contributed by atoms with E-state index in [1.807, 2.05) is 55.6 Å². The number of imidazole rings is 1. The van der Waals surface area contributed by atoms with Crippen LogP contribution in [-0.4, -0.2) is 58.6 Å². The number of benzene rings is 2. The number of hydrogen-bond acceptors (Lipinski definition) is 6. The van der Waals surface area contributed by atoms with E-state index < -0.39 is 5.60 Å². The van der Waals surface area contributed by atoms with Gasteiger partial charge in [-0.3, -0.25) is 4.90 Å². The summed E-state index contributed by atoms with van der Waals surface area (Å²) in [4.78, 5) is 6.52. The average Bonchev–Trinajstić information content (AvgIpc) is 3.23. The molecule has 1 fully saturated rings. The van der Waals surface area contributed by atoms with Gasteiger partial charge in [-0.15, -0.1) is 0 Å². The molecule has 1 unspecified atom stereocenters. The summed E-state index contributed by atoms with van der Waals surface area (Å²) in [5.41, 5.74) is 0.264. The molecule has 1 atom stereocenters. The van der Waals surface area contributed by atoms with Crippen LogP contribution in [0.15, 0.2) is 60.9 Å². The molecule has 7 nitrogen and oxygen atoms in total. The van der Waals surface area contributed by atoms with Crippen LogP contribution in [0.4, 0.5) is 0 Å². The van der Waals surface area contributed by atoms with Gasteiger partial charge in [-0.1, -0.05) is 24.3 Å². The van der Waals surface area contributed by atoms with Gasteiger partial charge in [0, 0.05) is 25.5 Å². The summed E-state index contributed by atoms with van der Waals surface area (Å²) in [6, 6.07) is 15.7. The van der Waals surface area contributed by atoms with Crippen molar-refractivity contribution in [2.24, 2.45) is 0 Å². The number of ether oxygens (including phenoxy) is 3. The molecule has 1 aromatic heterocycles. The van der Waals surface area contributed by atoms with Crippen molar-refractivity contribution in [3.8, 4) is 17.2 Å². The minimum absolute atomic E-state index is 0.290. The van der Waals surface area contributed by atoms with Crippen LogP contribution in [0.3, 0.4) is 0 Å². The predicted molar refractivity (Wildman–Crippen MR) is 127 cm³/mol. The molecule has 7 heteroatoms. The summed E-state index contributed by atoms with van der Waals surface area (Å²) in [7, 11) is 1.65. The lowest BCUT2D eigenvalue weighted by atomic mass is 9.93. The van der Waals surface area contributed by atoms with Crippen molar-refractivity contribution in [1.29, 1.82) is 0 Å². The van der Waals surface area contributed by atoms with Crippen LogP contribution in [-0.2, 0) is 13.1 Å². The summed E-state index contributed by atoms with van der Waals surface area (Å²) in [5.74, 6) is 3.19. The standard InChI is InChI=1S/C26H33N3O4/c1-21-27-12-14-29(21)15-16-32-25-17-22(9-10-24(25)31-2)18-28-13-6-11-26(30,19-28)20-33-23-7-4-3-5-8-23/h3-5,7-10,12,14,17,30H,6,11,13,15-16,18-20H2,1-2H3. The number of aliphatic hydroxyl groups is 1. The molecule has 0 saturated carbocycles. The Morgan fingerprint density at radius 1 is 1.09 bits per heavy atom. The van der Waals surface area contributed by atoms with E-state index in [-0.39, 0.29) is 6.61 Å². The molecule has 3 aromatic rings. The lowest BCUT2D eigenvalue weighted by Crippen LogP contribution is -2.51. The monoisotopic (exact) mass is 451 g/mol. The molecular weight excluding hydrogens is 418 g/mol. The smallest absolute Gasteiger partial charge is 0.161 e. The molecule has 0 bridgehead atoms. The number of β-amino-alcohol motifs (C(OH)–C–C–N with tert-alkyl or cyclic N) is 1. The number of aryl methyl sites for hydroxylation is 1. The largest absolute Gasteiger partial charge is 0.493 e. The molecule has 0 spiro atoms. The molecule has 0 aliphatic carbocycles. The van der Waals surface area contributed by atoms with Gasteiger partial charge in [-0.05, 0) is 56.1 Å². The van der Waals surface area contributed by atoms with E-state index in [0.717, 1.165) is 55.4 Å². The van der Waals surface area contributed by atoms with Crippen molar-refractivity contribution >= 4 is 0 Å². The first-order valence-corrected chi connectivity index (χ1v) is 11.4. The van der Waals surface area contributed by atoms with E-state index in [9.17, 15) is 5.11 Å². The fourth-order valence-electron chi connectivity index (χ4n) is 4.28. The molecule has 33 heavy (non-hydrogen) atoms.